The van der Waals surface area contributed by atoms with Crippen LogP contribution in [0.1, 0.15) is 42.6 Å². The number of aliphatic imine (C=N–C) groups is 1. The second kappa shape index (κ2) is 8.51. The number of likely N-dealkylation sites (tertiary alicyclic amines) is 1. The second-order valence-corrected chi connectivity index (χ2v) is 6.88. The van der Waals surface area contributed by atoms with Gasteiger partial charge in [-0.05, 0) is 39.5 Å². The van der Waals surface area contributed by atoms with Gasteiger partial charge in [0.25, 0.3) is 0 Å². The summed E-state index contributed by atoms with van der Waals surface area (Å²) in [5.41, 5.74) is 3.56. The molecule has 24 heavy (non-hydrogen) atoms. The molecular formula is C17H31IN6. The van der Waals surface area contributed by atoms with Crippen molar-refractivity contribution in [2.24, 2.45) is 12.0 Å². The van der Waals surface area contributed by atoms with Gasteiger partial charge in [-0.3, -0.25) is 9.67 Å². The first-order chi connectivity index (χ1) is 11.1. The zero-order chi connectivity index (χ0) is 16.4. The molecular weight excluding hydrogens is 415 g/mol. The van der Waals surface area contributed by atoms with E-state index < -0.39 is 0 Å². The Hall–Kier alpha value is -0.830. The van der Waals surface area contributed by atoms with E-state index in [1.807, 2.05) is 18.8 Å². The summed E-state index contributed by atoms with van der Waals surface area (Å²) in [4.78, 5) is 7.03. The van der Waals surface area contributed by atoms with E-state index >= 15 is 0 Å². The predicted molar refractivity (Wildman–Crippen MR) is 109 cm³/mol. The molecule has 0 amide bonds. The van der Waals surface area contributed by atoms with E-state index in [4.69, 9.17) is 0 Å². The fourth-order valence-electron chi connectivity index (χ4n) is 3.48. The Kier molecular flexibility index (Phi) is 6.91. The van der Waals surface area contributed by atoms with Gasteiger partial charge in [-0.1, -0.05) is 0 Å². The first-order valence-electron chi connectivity index (χ1n) is 8.78. The summed E-state index contributed by atoms with van der Waals surface area (Å²) in [5, 5.41) is 11.5. The van der Waals surface area contributed by atoms with Gasteiger partial charge in [0.2, 0.25) is 0 Å². The van der Waals surface area contributed by atoms with Crippen LogP contribution in [0.5, 0.6) is 0 Å². The molecule has 2 fully saturated rings. The number of rotatable bonds is 4. The van der Waals surface area contributed by atoms with Crippen LogP contribution in [0.2, 0.25) is 0 Å². The second-order valence-electron chi connectivity index (χ2n) is 6.88. The Balaban J connectivity index is 0.00000208. The molecule has 1 aliphatic carbocycles. The molecule has 2 heterocycles. The molecule has 1 aromatic rings. The highest BCUT2D eigenvalue weighted by Crippen LogP contribution is 2.29. The minimum absolute atomic E-state index is 0. The van der Waals surface area contributed by atoms with Crippen molar-refractivity contribution in [3.8, 4) is 0 Å². The number of halogens is 1. The Morgan fingerprint density at radius 1 is 1.21 bits per heavy atom. The molecule has 3 rings (SSSR count). The van der Waals surface area contributed by atoms with Crippen LogP contribution in [-0.4, -0.2) is 52.9 Å². The third-order valence-electron chi connectivity index (χ3n) is 5.25. The quantitative estimate of drug-likeness (QED) is 0.422. The highest BCUT2D eigenvalue weighted by molar-refractivity contribution is 14.0. The minimum atomic E-state index is 0. The van der Waals surface area contributed by atoms with Crippen molar-refractivity contribution in [3.05, 3.63) is 17.0 Å². The van der Waals surface area contributed by atoms with Crippen molar-refractivity contribution in [2.75, 3.05) is 20.1 Å². The Morgan fingerprint density at radius 2 is 1.88 bits per heavy atom. The Morgan fingerprint density at radius 3 is 2.38 bits per heavy atom. The van der Waals surface area contributed by atoms with Crippen molar-refractivity contribution >= 4 is 29.9 Å². The molecule has 0 aromatic carbocycles. The van der Waals surface area contributed by atoms with Crippen LogP contribution in [0.4, 0.5) is 0 Å². The van der Waals surface area contributed by atoms with Crippen LogP contribution >= 0.6 is 24.0 Å². The first kappa shape index (κ1) is 19.5. The lowest BCUT2D eigenvalue weighted by Crippen LogP contribution is -2.48. The van der Waals surface area contributed by atoms with E-state index in [-0.39, 0.29) is 24.0 Å². The van der Waals surface area contributed by atoms with E-state index in [1.165, 1.54) is 50.0 Å². The molecule has 0 bridgehead atoms. The summed E-state index contributed by atoms with van der Waals surface area (Å²) < 4.78 is 1.94. The maximum atomic E-state index is 4.47. The number of hydrogen-bond donors (Lipinski definition) is 2. The Bertz CT molecular complexity index is 570. The van der Waals surface area contributed by atoms with Gasteiger partial charge in [0.15, 0.2) is 5.96 Å². The number of aryl methyl sites for hydroxylation is 2. The fourth-order valence-corrected chi connectivity index (χ4v) is 3.48. The minimum Gasteiger partial charge on any atom is -0.354 e. The van der Waals surface area contributed by atoms with Crippen LogP contribution in [0, 0.1) is 13.8 Å². The van der Waals surface area contributed by atoms with Crippen molar-refractivity contribution < 1.29 is 0 Å². The van der Waals surface area contributed by atoms with Crippen LogP contribution < -0.4 is 10.6 Å². The van der Waals surface area contributed by atoms with Crippen LogP contribution in [0.25, 0.3) is 0 Å². The third kappa shape index (κ3) is 4.62. The molecule has 1 saturated carbocycles. The summed E-state index contributed by atoms with van der Waals surface area (Å²) in [7, 11) is 3.84. The number of guanidine groups is 1. The number of nitrogens with one attached hydrogen (secondary N) is 2. The highest BCUT2D eigenvalue weighted by Gasteiger charge is 2.31. The van der Waals surface area contributed by atoms with E-state index in [1.54, 1.807) is 0 Å². The average Bonchev–Trinajstić information content (AvgIpc) is 3.35. The van der Waals surface area contributed by atoms with E-state index in [0.29, 0.717) is 6.04 Å². The molecule has 0 unspecified atom stereocenters. The maximum Gasteiger partial charge on any atom is 0.191 e. The SMILES string of the molecule is CN=C(NCc1c(C)nn(C)c1C)NC1CCN(C2CC2)CC1.I. The molecule has 0 spiro atoms. The van der Waals surface area contributed by atoms with Crippen LogP contribution in [-0.2, 0) is 13.6 Å². The van der Waals surface area contributed by atoms with Crippen molar-refractivity contribution in [1.29, 1.82) is 0 Å². The van der Waals surface area contributed by atoms with Crippen molar-refractivity contribution in [2.45, 2.75) is 58.2 Å². The van der Waals surface area contributed by atoms with E-state index in [9.17, 15) is 0 Å². The highest BCUT2D eigenvalue weighted by atomic mass is 127. The van der Waals surface area contributed by atoms with E-state index in [2.05, 4.69) is 39.5 Å². The monoisotopic (exact) mass is 446 g/mol. The number of hydrogen-bond acceptors (Lipinski definition) is 3. The number of piperidine rings is 1. The largest absolute Gasteiger partial charge is 0.354 e. The van der Waals surface area contributed by atoms with Gasteiger partial charge in [-0.25, -0.2) is 0 Å². The average molecular weight is 446 g/mol. The molecule has 2 aliphatic rings. The summed E-state index contributed by atoms with van der Waals surface area (Å²) in [6.07, 6.45) is 5.24. The van der Waals surface area contributed by atoms with Crippen LogP contribution in [0.15, 0.2) is 4.99 Å². The number of aromatic nitrogens is 2. The van der Waals surface area contributed by atoms with Gasteiger partial charge >= 0.3 is 0 Å². The zero-order valence-corrected chi connectivity index (χ0v) is 17.6. The van der Waals surface area contributed by atoms with Crippen molar-refractivity contribution in [3.63, 3.8) is 0 Å². The molecule has 0 radical (unpaired) electrons. The van der Waals surface area contributed by atoms with Gasteiger partial charge in [-0.15, -0.1) is 24.0 Å². The normalized spacial score (nSPS) is 19.9. The topological polar surface area (TPSA) is 57.5 Å². The summed E-state index contributed by atoms with van der Waals surface area (Å²) >= 11 is 0. The van der Waals surface area contributed by atoms with Gasteiger partial charge in [0, 0.05) is 57.1 Å². The zero-order valence-electron chi connectivity index (χ0n) is 15.3. The van der Waals surface area contributed by atoms with Gasteiger partial charge < -0.3 is 15.5 Å². The fraction of sp³-hybridized carbons (Fsp3) is 0.765. The maximum absolute atomic E-state index is 4.47. The predicted octanol–water partition coefficient (Wildman–Crippen LogP) is 1.95. The molecule has 1 aliphatic heterocycles. The van der Waals surface area contributed by atoms with E-state index in [0.717, 1.165) is 24.2 Å². The van der Waals surface area contributed by atoms with Gasteiger partial charge in [0.1, 0.15) is 0 Å². The molecule has 1 saturated heterocycles. The third-order valence-corrected chi connectivity index (χ3v) is 5.25. The van der Waals surface area contributed by atoms with Crippen molar-refractivity contribution in [1.82, 2.24) is 25.3 Å². The Labute approximate surface area is 162 Å². The molecule has 7 heteroatoms. The lowest BCUT2D eigenvalue weighted by molar-refractivity contribution is 0.197. The smallest absolute Gasteiger partial charge is 0.191 e. The lowest BCUT2D eigenvalue weighted by atomic mass is 10.1. The standard InChI is InChI=1S/C17H30N6.HI/c1-12-16(13(2)22(4)21-12)11-19-17(18-3)20-14-7-9-23(10-8-14)15-5-6-15;/h14-15H,5-11H2,1-4H3,(H2,18,19,20);1H. The molecule has 6 nitrogen and oxygen atoms in total. The van der Waals surface area contributed by atoms with Crippen LogP contribution in [0.3, 0.4) is 0 Å². The molecule has 0 atom stereocenters. The summed E-state index contributed by atoms with van der Waals surface area (Å²) in [6.45, 7) is 7.39. The molecule has 136 valence electrons. The van der Waals surface area contributed by atoms with Gasteiger partial charge in [-0.2, -0.15) is 5.10 Å². The summed E-state index contributed by atoms with van der Waals surface area (Å²) in [6, 6.07) is 1.43. The lowest BCUT2D eigenvalue weighted by Gasteiger charge is -2.33. The number of nitrogens with zero attached hydrogens (tertiary/aromatic N) is 4. The summed E-state index contributed by atoms with van der Waals surface area (Å²) in [5.74, 6) is 0.900. The van der Waals surface area contributed by atoms with Gasteiger partial charge in [0.05, 0.1) is 5.69 Å². The molecule has 1 aromatic heterocycles. The molecule has 2 N–H and O–H groups in total. The first-order valence-corrected chi connectivity index (χ1v) is 8.78.